The Bertz CT molecular complexity index is 284. The lowest BCUT2D eigenvalue weighted by molar-refractivity contribution is -0.144. The normalized spacial score (nSPS) is 25.3. The van der Waals surface area contributed by atoms with Crippen molar-refractivity contribution in [1.82, 2.24) is 9.80 Å². The van der Waals surface area contributed by atoms with Gasteiger partial charge in [0.15, 0.2) is 0 Å². The molecule has 0 aromatic carbocycles. The van der Waals surface area contributed by atoms with Gasteiger partial charge < -0.3 is 9.84 Å². The number of ether oxygens (including phenoxy) is 1. The van der Waals surface area contributed by atoms with Crippen molar-refractivity contribution in [2.75, 3.05) is 45.9 Å². The van der Waals surface area contributed by atoms with Gasteiger partial charge in [-0.05, 0) is 38.3 Å². The summed E-state index contributed by atoms with van der Waals surface area (Å²) in [6.07, 6.45) is 2.95. The van der Waals surface area contributed by atoms with Crippen molar-refractivity contribution < 1.29 is 14.6 Å². The molecule has 0 bridgehead atoms. The molecule has 1 N–H and O–H groups in total. The van der Waals surface area contributed by atoms with Crippen LogP contribution in [-0.4, -0.2) is 72.9 Å². The molecular weight excluding hydrogens is 244 g/mol. The molecule has 0 aromatic rings. The number of carboxylic acids is 1. The molecule has 5 heteroatoms. The Morgan fingerprint density at radius 1 is 1.26 bits per heavy atom. The first-order chi connectivity index (χ1) is 9.20. The lowest BCUT2D eigenvalue weighted by Gasteiger charge is -2.38. The summed E-state index contributed by atoms with van der Waals surface area (Å²) in [6, 6.07) is -0.288. The maximum atomic E-state index is 11.2. The number of aliphatic carboxylic acids is 1. The maximum Gasteiger partial charge on any atom is 0.320 e. The minimum atomic E-state index is -0.672. The zero-order valence-corrected chi connectivity index (χ0v) is 11.9. The molecule has 0 radical (unpaired) electrons. The minimum absolute atomic E-state index is 0.288. The van der Waals surface area contributed by atoms with Crippen molar-refractivity contribution in [3.63, 3.8) is 0 Å². The fourth-order valence-corrected chi connectivity index (χ4v) is 3.19. The molecule has 2 fully saturated rings. The number of carbonyl (C=O) groups is 1. The van der Waals surface area contributed by atoms with Crippen LogP contribution in [0, 0.1) is 5.92 Å². The van der Waals surface area contributed by atoms with Gasteiger partial charge in [-0.2, -0.15) is 0 Å². The average molecular weight is 270 g/mol. The standard InChI is InChI=1S/C14H26N2O3/c1-2-13(14(17)18)16-5-3-12(4-6-16)11-15-7-9-19-10-8-15/h12-13H,2-11H2,1H3,(H,17,18). The zero-order chi connectivity index (χ0) is 13.7. The number of likely N-dealkylation sites (tertiary alicyclic amines) is 1. The van der Waals surface area contributed by atoms with Crippen molar-refractivity contribution >= 4 is 5.97 Å². The second kappa shape index (κ2) is 7.22. The summed E-state index contributed by atoms with van der Waals surface area (Å²) >= 11 is 0. The Hall–Kier alpha value is -0.650. The molecule has 1 atom stereocenters. The van der Waals surface area contributed by atoms with Gasteiger partial charge in [0.1, 0.15) is 6.04 Å². The Balaban J connectivity index is 1.73. The van der Waals surface area contributed by atoms with E-state index < -0.39 is 5.97 Å². The van der Waals surface area contributed by atoms with E-state index in [9.17, 15) is 9.90 Å². The molecular formula is C14H26N2O3. The summed E-state index contributed by atoms with van der Waals surface area (Å²) in [4.78, 5) is 15.8. The third-order valence-corrected chi connectivity index (χ3v) is 4.38. The van der Waals surface area contributed by atoms with Crippen LogP contribution in [0.4, 0.5) is 0 Å². The number of hydrogen-bond donors (Lipinski definition) is 1. The van der Waals surface area contributed by atoms with Gasteiger partial charge in [-0.1, -0.05) is 6.92 Å². The topological polar surface area (TPSA) is 53.0 Å². The molecule has 19 heavy (non-hydrogen) atoms. The second-order valence-electron chi connectivity index (χ2n) is 5.65. The van der Waals surface area contributed by atoms with Gasteiger partial charge in [-0.15, -0.1) is 0 Å². The highest BCUT2D eigenvalue weighted by atomic mass is 16.5. The third-order valence-electron chi connectivity index (χ3n) is 4.38. The fraction of sp³-hybridized carbons (Fsp3) is 0.929. The van der Waals surface area contributed by atoms with Crippen molar-refractivity contribution in [3.05, 3.63) is 0 Å². The predicted molar refractivity (Wildman–Crippen MR) is 73.3 cm³/mol. The van der Waals surface area contributed by atoms with Crippen molar-refractivity contribution in [3.8, 4) is 0 Å². The molecule has 0 aromatic heterocycles. The highest BCUT2D eigenvalue weighted by Crippen LogP contribution is 2.21. The van der Waals surface area contributed by atoms with Crippen molar-refractivity contribution in [2.24, 2.45) is 5.92 Å². The summed E-state index contributed by atoms with van der Waals surface area (Å²) < 4.78 is 5.36. The van der Waals surface area contributed by atoms with Crippen molar-refractivity contribution in [1.29, 1.82) is 0 Å². The fourth-order valence-electron chi connectivity index (χ4n) is 3.19. The Morgan fingerprint density at radius 2 is 1.89 bits per heavy atom. The lowest BCUT2D eigenvalue weighted by atomic mass is 9.94. The van der Waals surface area contributed by atoms with Crippen LogP contribution in [0.5, 0.6) is 0 Å². The number of piperidine rings is 1. The molecule has 0 amide bonds. The first kappa shape index (κ1) is 14.8. The molecule has 110 valence electrons. The lowest BCUT2D eigenvalue weighted by Crippen LogP contribution is -2.47. The Kier molecular flexibility index (Phi) is 5.60. The molecule has 2 heterocycles. The van der Waals surface area contributed by atoms with E-state index in [2.05, 4.69) is 9.80 Å². The van der Waals surface area contributed by atoms with E-state index in [0.717, 1.165) is 64.7 Å². The highest BCUT2D eigenvalue weighted by molar-refractivity contribution is 5.73. The van der Waals surface area contributed by atoms with Gasteiger partial charge in [-0.25, -0.2) is 0 Å². The van der Waals surface area contributed by atoms with E-state index in [1.54, 1.807) is 0 Å². The van der Waals surface area contributed by atoms with Gasteiger partial charge >= 0.3 is 5.97 Å². The zero-order valence-electron chi connectivity index (χ0n) is 11.9. The number of carboxylic acid groups (broad SMARTS) is 1. The van der Waals surface area contributed by atoms with E-state index in [-0.39, 0.29) is 6.04 Å². The van der Waals surface area contributed by atoms with Crippen molar-refractivity contribution in [2.45, 2.75) is 32.2 Å². The maximum absolute atomic E-state index is 11.2. The minimum Gasteiger partial charge on any atom is -0.480 e. The number of hydrogen-bond acceptors (Lipinski definition) is 4. The largest absolute Gasteiger partial charge is 0.480 e. The summed E-state index contributed by atoms with van der Waals surface area (Å²) in [5.41, 5.74) is 0. The molecule has 0 aliphatic carbocycles. The van der Waals surface area contributed by atoms with Crippen LogP contribution in [0.25, 0.3) is 0 Å². The summed E-state index contributed by atoms with van der Waals surface area (Å²) in [7, 11) is 0. The number of rotatable bonds is 5. The second-order valence-corrected chi connectivity index (χ2v) is 5.65. The van der Waals surface area contributed by atoms with Gasteiger partial charge in [0.25, 0.3) is 0 Å². The smallest absolute Gasteiger partial charge is 0.320 e. The van der Waals surface area contributed by atoms with Gasteiger partial charge in [0, 0.05) is 19.6 Å². The van der Waals surface area contributed by atoms with Gasteiger partial charge in [0.2, 0.25) is 0 Å². The van der Waals surface area contributed by atoms with Gasteiger partial charge in [0.05, 0.1) is 13.2 Å². The molecule has 0 spiro atoms. The summed E-state index contributed by atoms with van der Waals surface area (Å²) in [6.45, 7) is 8.78. The molecule has 2 aliphatic rings. The number of morpholine rings is 1. The summed E-state index contributed by atoms with van der Waals surface area (Å²) in [5, 5.41) is 9.19. The molecule has 2 saturated heterocycles. The average Bonchev–Trinajstić information content (AvgIpc) is 2.42. The SMILES string of the molecule is CCC(C(=O)O)N1CCC(CN2CCOCC2)CC1. The third kappa shape index (κ3) is 4.16. The molecule has 0 saturated carbocycles. The molecule has 1 unspecified atom stereocenters. The van der Waals surface area contributed by atoms with E-state index >= 15 is 0 Å². The molecule has 2 aliphatic heterocycles. The van der Waals surface area contributed by atoms with Crippen LogP contribution < -0.4 is 0 Å². The van der Waals surface area contributed by atoms with E-state index in [0.29, 0.717) is 6.42 Å². The van der Waals surface area contributed by atoms with Crippen LogP contribution in [0.3, 0.4) is 0 Å². The summed E-state index contributed by atoms with van der Waals surface area (Å²) in [5.74, 6) is 0.0507. The molecule has 2 rings (SSSR count). The van der Waals surface area contributed by atoms with E-state index in [1.807, 2.05) is 6.92 Å². The van der Waals surface area contributed by atoms with Crippen LogP contribution in [-0.2, 0) is 9.53 Å². The Morgan fingerprint density at radius 3 is 2.42 bits per heavy atom. The number of nitrogens with zero attached hydrogens (tertiary/aromatic N) is 2. The quantitative estimate of drug-likeness (QED) is 0.804. The first-order valence-corrected chi connectivity index (χ1v) is 7.47. The first-order valence-electron chi connectivity index (χ1n) is 7.47. The van der Waals surface area contributed by atoms with Crippen LogP contribution in [0.2, 0.25) is 0 Å². The monoisotopic (exact) mass is 270 g/mol. The predicted octanol–water partition coefficient (Wildman–Crippen LogP) is 0.894. The van der Waals surface area contributed by atoms with E-state index in [1.165, 1.54) is 0 Å². The highest BCUT2D eigenvalue weighted by Gasteiger charge is 2.29. The van der Waals surface area contributed by atoms with Crippen LogP contribution >= 0.6 is 0 Å². The van der Waals surface area contributed by atoms with E-state index in [4.69, 9.17) is 4.74 Å². The van der Waals surface area contributed by atoms with Crippen LogP contribution in [0.1, 0.15) is 26.2 Å². The molecule has 5 nitrogen and oxygen atoms in total. The van der Waals surface area contributed by atoms with Crippen LogP contribution in [0.15, 0.2) is 0 Å². The Labute approximate surface area is 115 Å². The van der Waals surface area contributed by atoms with Gasteiger partial charge in [-0.3, -0.25) is 14.6 Å².